The van der Waals surface area contributed by atoms with Crippen LogP contribution >= 0.6 is 0 Å². The quantitative estimate of drug-likeness (QED) is 0.205. The highest BCUT2D eigenvalue weighted by Crippen LogP contribution is 2.38. The van der Waals surface area contributed by atoms with E-state index in [2.05, 4.69) is 21.2 Å². The molecule has 4 rings (SSSR count). The SMILES string of the molecule is NC(=O)C1=CNNC1(Nc1cccc(C(F)F)n1)c1ccc(NS(=O)(=O)CC(F)(F)F)c(OCc2ccc(F)cc2)c1. The van der Waals surface area contributed by atoms with Crippen LogP contribution in [0.15, 0.2) is 72.4 Å². The molecular formula is C25H22F6N6O4S. The number of sulfonamides is 1. The third-order valence-electron chi connectivity index (χ3n) is 5.80. The number of nitrogens with one attached hydrogen (secondary N) is 4. The molecule has 1 aliphatic heterocycles. The van der Waals surface area contributed by atoms with E-state index in [1.807, 2.05) is 4.72 Å². The number of amides is 1. The lowest BCUT2D eigenvalue weighted by Crippen LogP contribution is -2.52. The summed E-state index contributed by atoms with van der Waals surface area (Å²) in [5.41, 5.74) is 8.47. The molecule has 1 unspecified atom stereocenters. The van der Waals surface area contributed by atoms with Crippen molar-refractivity contribution in [2.45, 2.75) is 24.9 Å². The zero-order valence-electron chi connectivity index (χ0n) is 21.2. The number of primary amides is 1. The van der Waals surface area contributed by atoms with Crippen molar-refractivity contribution >= 4 is 27.4 Å². The van der Waals surface area contributed by atoms with E-state index >= 15 is 0 Å². The first-order chi connectivity index (χ1) is 19.7. The summed E-state index contributed by atoms with van der Waals surface area (Å²) in [5.74, 6) is -4.11. The number of pyridine rings is 1. The maximum absolute atomic E-state index is 13.3. The van der Waals surface area contributed by atoms with Crippen LogP contribution in [0.5, 0.6) is 5.75 Å². The molecule has 0 saturated heterocycles. The monoisotopic (exact) mass is 616 g/mol. The summed E-state index contributed by atoms with van der Waals surface area (Å²) in [6.07, 6.45) is -6.78. The van der Waals surface area contributed by atoms with Gasteiger partial charge in [-0.3, -0.25) is 9.52 Å². The third-order valence-corrected chi connectivity index (χ3v) is 7.04. The Morgan fingerprint density at radius 2 is 1.81 bits per heavy atom. The molecule has 0 aliphatic carbocycles. The van der Waals surface area contributed by atoms with Crippen LogP contribution < -0.4 is 31.4 Å². The lowest BCUT2D eigenvalue weighted by atomic mass is 9.91. The van der Waals surface area contributed by atoms with Crippen molar-refractivity contribution in [3.05, 3.63) is 95.1 Å². The standard InChI is InChI=1S/C25H22F6N6O4S/c26-16-7-4-14(5-8-16)12-41-20-10-15(6-9-18(20)36-42(39,40)13-24(29,30)31)25(17(23(32)38)11-33-37-25)35-21-3-1-2-19(34-21)22(27)28/h1-11,22,33,36-37H,12-13H2,(H2,32,38)(H,34,35). The summed E-state index contributed by atoms with van der Waals surface area (Å²) in [6.45, 7) is -0.277. The topological polar surface area (TPSA) is 147 Å². The fourth-order valence-corrected chi connectivity index (χ4v) is 5.01. The number of nitrogens with zero attached hydrogens (tertiary/aromatic N) is 1. The van der Waals surface area contributed by atoms with E-state index in [1.54, 1.807) is 0 Å². The van der Waals surface area contributed by atoms with Gasteiger partial charge in [0.05, 0.1) is 11.3 Å². The summed E-state index contributed by atoms with van der Waals surface area (Å²) < 4.78 is 111. The van der Waals surface area contributed by atoms with E-state index in [1.165, 1.54) is 42.6 Å². The Hall–Kier alpha value is -4.51. The minimum atomic E-state index is -5.05. The van der Waals surface area contributed by atoms with Crippen molar-refractivity contribution in [2.24, 2.45) is 5.73 Å². The predicted octanol–water partition coefficient (Wildman–Crippen LogP) is 3.78. The van der Waals surface area contributed by atoms with Crippen LogP contribution in [0.2, 0.25) is 0 Å². The van der Waals surface area contributed by atoms with E-state index in [0.717, 1.165) is 24.3 Å². The number of alkyl halides is 5. The fourth-order valence-electron chi connectivity index (χ4n) is 4.00. The van der Waals surface area contributed by atoms with Crippen LogP contribution in [0.25, 0.3) is 0 Å². The van der Waals surface area contributed by atoms with Gasteiger partial charge in [0.25, 0.3) is 6.43 Å². The summed E-state index contributed by atoms with van der Waals surface area (Å²) in [7, 11) is -4.95. The van der Waals surface area contributed by atoms with Crippen LogP contribution in [0.3, 0.4) is 0 Å². The van der Waals surface area contributed by atoms with Gasteiger partial charge in [0.1, 0.15) is 29.7 Å². The van der Waals surface area contributed by atoms with E-state index < -0.39 is 57.1 Å². The van der Waals surface area contributed by atoms with E-state index in [-0.39, 0.29) is 29.3 Å². The Bertz CT molecular complexity index is 1600. The molecule has 2 aromatic carbocycles. The van der Waals surface area contributed by atoms with Crippen molar-refractivity contribution in [1.82, 2.24) is 15.8 Å². The largest absolute Gasteiger partial charge is 0.487 e. The molecule has 2 heterocycles. The number of aromatic nitrogens is 1. The third kappa shape index (κ3) is 7.22. The number of halogens is 6. The molecule has 17 heteroatoms. The zero-order valence-corrected chi connectivity index (χ0v) is 22.0. The maximum Gasteiger partial charge on any atom is 0.404 e. The molecule has 224 valence electrons. The number of carbonyl (C=O) groups is 1. The molecule has 1 aromatic heterocycles. The highest BCUT2D eigenvalue weighted by molar-refractivity contribution is 7.92. The van der Waals surface area contributed by atoms with Crippen LogP contribution in [0.4, 0.5) is 37.8 Å². The average Bonchev–Trinajstić information content (AvgIpc) is 3.32. The van der Waals surface area contributed by atoms with E-state index in [9.17, 15) is 39.6 Å². The fraction of sp³-hybridized carbons (Fsp3) is 0.200. The molecule has 6 N–H and O–H groups in total. The smallest absolute Gasteiger partial charge is 0.404 e. The molecule has 42 heavy (non-hydrogen) atoms. The van der Waals surface area contributed by atoms with E-state index in [4.69, 9.17) is 10.5 Å². The first-order valence-corrected chi connectivity index (χ1v) is 13.5. The van der Waals surface area contributed by atoms with Crippen LogP contribution in [0.1, 0.15) is 23.2 Å². The molecule has 1 amide bonds. The zero-order chi connectivity index (χ0) is 30.7. The van der Waals surface area contributed by atoms with Gasteiger partial charge >= 0.3 is 6.18 Å². The highest BCUT2D eigenvalue weighted by atomic mass is 32.2. The molecule has 0 saturated carbocycles. The number of hydrazine groups is 1. The normalized spacial score (nSPS) is 17.0. The molecular weight excluding hydrogens is 594 g/mol. The Labute approximate surface area is 235 Å². The summed E-state index contributed by atoms with van der Waals surface area (Å²) in [4.78, 5) is 16.2. The average molecular weight is 617 g/mol. The van der Waals surface area contributed by atoms with Gasteiger partial charge in [0.2, 0.25) is 15.9 Å². The predicted molar refractivity (Wildman–Crippen MR) is 139 cm³/mol. The molecule has 1 aliphatic rings. The molecule has 0 spiro atoms. The number of hydrogen-bond donors (Lipinski definition) is 5. The van der Waals surface area contributed by atoms with Gasteiger partial charge in [-0.15, -0.1) is 0 Å². The molecule has 3 aromatic rings. The lowest BCUT2D eigenvalue weighted by molar-refractivity contribution is -0.115. The molecule has 0 bridgehead atoms. The Morgan fingerprint density at radius 3 is 2.45 bits per heavy atom. The molecule has 1 atom stereocenters. The van der Waals surface area contributed by atoms with Crippen LogP contribution in [-0.2, 0) is 27.1 Å². The maximum atomic E-state index is 13.3. The Morgan fingerprint density at radius 1 is 1.10 bits per heavy atom. The van der Waals surface area contributed by atoms with Crippen molar-refractivity contribution in [3.8, 4) is 5.75 Å². The van der Waals surface area contributed by atoms with Gasteiger partial charge in [-0.25, -0.2) is 32.0 Å². The second kappa shape index (κ2) is 11.8. The number of carbonyl (C=O) groups excluding carboxylic acids is 1. The van der Waals surface area contributed by atoms with Crippen molar-refractivity contribution in [1.29, 1.82) is 0 Å². The minimum absolute atomic E-state index is 0.0784. The highest BCUT2D eigenvalue weighted by Gasteiger charge is 2.44. The first-order valence-electron chi connectivity index (χ1n) is 11.8. The first kappa shape index (κ1) is 30.4. The number of rotatable bonds is 11. The minimum Gasteiger partial charge on any atom is -0.487 e. The van der Waals surface area contributed by atoms with Gasteiger partial charge in [-0.05, 0) is 42.0 Å². The second-order valence-electron chi connectivity index (χ2n) is 8.92. The van der Waals surface area contributed by atoms with Gasteiger partial charge in [0.15, 0.2) is 11.4 Å². The van der Waals surface area contributed by atoms with Crippen LogP contribution in [0, 0.1) is 5.82 Å². The van der Waals surface area contributed by atoms with Gasteiger partial charge in [-0.2, -0.15) is 13.2 Å². The number of ether oxygens (including phenoxy) is 1. The number of nitrogens with two attached hydrogens (primary N) is 1. The van der Waals surface area contributed by atoms with Gasteiger partial charge in [0, 0.05) is 11.8 Å². The molecule has 10 nitrogen and oxygen atoms in total. The summed E-state index contributed by atoms with van der Waals surface area (Å²) >= 11 is 0. The molecule has 0 radical (unpaired) electrons. The Kier molecular flexibility index (Phi) is 8.53. The molecule has 0 fully saturated rings. The number of hydrogen-bond acceptors (Lipinski definition) is 8. The van der Waals surface area contributed by atoms with Crippen LogP contribution in [-0.4, -0.2) is 31.2 Å². The number of benzene rings is 2. The Balaban J connectivity index is 1.79. The number of anilines is 2. The summed E-state index contributed by atoms with van der Waals surface area (Å²) in [6, 6.07) is 12.2. The second-order valence-corrected chi connectivity index (χ2v) is 10.6. The van der Waals surface area contributed by atoms with Crippen molar-refractivity contribution in [3.63, 3.8) is 0 Å². The van der Waals surface area contributed by atoms with Gasteiger partial charge in [-0.1, -0.05) is 24.3 Å². The van der Waals surface area contributed by atoms with Crippen molar-refractivity contribution < 1.29 is 44.3 Å². The van der Waals surface area contributed by atoms with Gasteiger partial charge < -0.3 is 21.2 Å². The lowest BCUT2D eigenvalue weighted by Gasteiger charge is -2.33. The summed E-state index contributed by atoms with van der Waals surface area (Å²) in [5, 5.41) is 2.83. The van der Waals surface area contributed by atoms with Crippen molar-refractivity contribution in [2.75, 3.05) is 15.8 Å². The van der Waals surface area contributed by atoms with E-state index in [0.29, 0.717) is 5.56 Å².